The number of hydrogen-bond acceptors (Lipinski definition) is 3. The van der Waals surface area contributed by atoms with Crippen LogP contribution in [0.25, 0.3) is 0 Å². The molecule has 1 atom stereocenters. The van der Waals surface area contributed by atoms with E-state index in [0.29, 0.717) is 6.54 Å². The molecule has 4 nitrogen and oxygen atoms in total. The molecule has 0 spiro atoms. The standard InChI is InChI=1S/C18H21NO3S/c1-14-8-6-7-11-17(14)13-23(21,22)15(2)18(20)19-12-16-9-4-3-5-10-16/h3-11,15H,12-13H2,1-2H3,(H,19,20)/t15-/m1/s1. The van der Waals surface area contributed by atoms with Gasteiger partial charge in [0.05, 0.1) is 5.75 Å². The van der Waals surface area contributed by atoms with Gasteiger partial charge in [0.25, 0.3) is 0 Å². The number of hydrogen-bond donors (Lipinski definition) is 1. The van der Waals surface area contributed by atoms with Crippen molar-refractivity contribution >= 4 is 15.7 Å². The van der Waals surface area contributed by atoms with Crippen molar-refractivity contribution in [3.8, 4) is 0 Å². The highest BCUT2D eigenvalue weighted by Crippen LogP contribution is 2.15. The smallest absolute Gasteiger partial charge is 0.238 e. The summed E-state index contributed by atoms with van der Waals surface area (Å²) in [5.74, 6) is -0.595. The van der Waals surface area contributed by atoms with Gasteiger partial charge in [-0.05, 0) is 30.5 Å². The maximum Gasteiger partial charge on any atom is 0.238 e. The van der Waals surface area contributed by atoms with Gasteiger partial charge in [-0.3, -0.25) is 4.79 Å². The zero-order chi connectivity index (χ0) is 16.9. The Hall–Kier alpha value is -2.14. The van der Waals surface area contributed by atoms with Crippen molar-refractivity contribution in [2.24, 2.45) is 0 Å². The second-order valence-corrected chi connectivity index (χ2v) is 7.90. The summed E-state index contributed by atoms with van der Waals surface area (Å²) in [5.41, 5.74) is 2.58. The molecule has 1 amide bonds. The maximum absolute atomic E-state index is 12.4. The van der Waals surface area contributed by atoms with Crippen LogP contribution in [-0.2, 0) is 26.9 Å². The molecule has 2 rings (SSSR count). The number of nitrogens with one attached hydrogen (secondary N) is 1. The van der Waals surface area contributed by atoms with E-state index in [2.05, 4.69) is 5.32 Å². The van der Waals surface area contributed by atoms with Crippen molar-refractivity contribution in [2.45, 2.75) is 31.4 Å². The molecule has 0 saturated carbocycles. The normalized spacial score (nSPS) is 12.6. The minimum Gasteiger partial charge on any atom is -0.351 e. The maximum atomic E-state index is 12.4. The number of carbonyl (C=O) groups excluding carboxylic acids is 1. The largest absolute Gasteiger partial charge is 0.351 e. The number of amides is 1. The van der Waals surface area contributed by atoms with E-state index >= 15 is 0 Å². The number of benzene rings is 2. The Morgan fingerprint density at radius 2 is 1.65 bits per heavy atom. The van der Waals surface area contributed by atoms with Crippen LogP contribution in [0.3, 0.4) is 0 Å². The molecule has 0 fully saturated rings. The third-order valence-corrected chi connectivity index (χ3v) is 5.84. The van der Waals surface area contributed by atoms with Crippen LogP contribution in [-0.4, -0.2) is 19.6 Å². The van der Waals surface area contributed by atoms with Crippen molar-refractivity contribution < 1.29 is 13.2 Å². The number of aryl methyl sites for hydroxylation is 1. The molecule has 0 aliphatic heterocycles. The first-order valence-electron chi connectivity index (χ1n) is 7.48. The molecular formula is C18H21NO3S. The number of rotatable bonds is 6. The Morgan fingerprint density at radius 1 is 1.04 bits per heavy atom. The van der Waals surface area contributed by atoms with Crippen LogP contribution < -0.4 is 5.32 Å². The van der Waals surface area contributed by atoms with Gasteiger partial charge in [0.2, 0.25) is 5.91 Å². The fourth-order valence-corrected chi connectivity index (χ4v) is 3.62. The van der Waals surface area contributed by atoms with E-state index in [4.69, 9.17) is 0 Å². The lowest BCUT2D eigenvalue weighted by Crippen LogP contribution is -2.38. The molecule has 1 N–H and O–H groups in total. The second-order valence-electron chi connectivity index (χ2n) is 5.58. The summed E-state index contributed by atoms with van der Waals surface area (Å²) in [6.45, 7) is 3.63. The molecule has 0 unspecified atom stereocenters. The van der Waals surface area contributed by atoms with Crippen LogP contribution in [0, 0.1) is 6.92 Å². The Bertz CT molecular complexity index is 770. The van der Waals surface area contributed by atoms with Crippen molar-refractivity contribution in [3.05, 3.63) is 71.3 Å². The third kappa shape index (κ3) is 4.66. The molecule has 0 radical (unpaired) electrons. The molecule has 2 aromatic carbocycles. The first kappa shape index (κ1) is 17.2. The molecule has 122 valence electrons. The van der Waals surface area contributed by atoms with Gasteiger partial charge >= 0.3 is 0 Å². The van der Waals surface area contributed by atoms with Crippen molar-refractivity contribution in [1.82, 2.24) is 5.32 Å². The van der Waals surface area contributed by atoms with E-state index in [-0.39, 0.29) is 5.75 Å². The summed E-state index contributed by atoms with van der Waals surface area (Å²) >= 11 is 0. The highest BCUT2D eigenvalue weighted by Gasteiger charge is 2.28. The molecule has 23 heavy (non-hydrogen) atoms. The van der Waals surface area contributed by atoms with Gasteiger partial charge in [0.1, 0.15) is 5.25 Å². The summed E-state index contributed by atoms with van der Waals surface area (Å²) in [6, 6.07) is 16.7. The van der Waals surface area contributed by atoms with Gasteiger partial charge < -0.3 is 5.32 Å². The van der Waals surface area contributed by atoms with Gasteiger partial charge in [0.15, 0.2) is 9.84 Å². The van der Waals surface area contributed by atoms with E-state index in [9.17, 15) is 13.2 Å². The topological polar surface area (TPSA) is 63.2 Å². The molecule has 2 aromatic rings. The number of sulfone groups is 1. The summed E-state index contributed by atoms with van der Waals surface area (Å²) in [6.07, 6.45) is 0. The van der Waals surface area contributed by atoms with E-state index in [1.54, 1.807) is 12.1 Å². The Kier molecular flexibility index (Phi) is 5.55. The lowest BCUT2D eigenvalue weighted by atomic mass is 10.1. The van der Waals surface area contributed by atoms with E-state index in [1.165, 1.54) is 6.92 Å². The summed E-state index contributed by atoms with van der Waals surface area (Å²) in [5, 5.41) is 1.61. The zero-order valence-corrected chi connectivity index (χ0v) is 14.1. The van der Waals surface area contributed by atoms with Crippen LogP contribution in [0.5, 0.6) is 0 Å². The van der Waals surface area contributed by atoms with E-state index in [0.717, 1.165) is 16.7 Å². The molecule has 0 aromatic heterocycles. The van der Waals surface area contributed by atoms with Crippen LogP contribution in [0.15, 0.2) is 54.6 Å². The summed E-state index contributed by atoms with van der Waals surface area (Å²) < 4.78 is 24.9. The highest BCUT2D eigenvalue weighted by molar-refractivity contribution is 7.92. The predicted octanol–water partition coefficient (Wildman–Crippen LogP) is 2.61. The average Bonchev–Trinajstić information content (AvgIpc) is 2.55. The predicted molar refractivity (Wildman–Crippen MR) is 91.6 cm³/mol. The van der Waals surface area contributed by atoms with Crippen molar-refractivity contribution in [1.29, 1.82) is 0 Å². The van der Waals surface area contributed by atoms with Gasteiger partial charge in [-0.1, -0.05) is 54.6 Å². The first-order chi connectivity index (χ1) is 10.9. The van der Waals surface area contributed by atoms with Crippen LogP contribution in [0.4, 0.5) is 0 Å². The molecule has 0 heterocycles. The lowest BCUT2D eigenvalue weighted by molar-refractivity contribution is -0.120. The Balaban J connectivity index is 2.01. The summed E-state index contributed by atoms with van der Waals surface area (Å²) in [7, 11) is -3.55. The second kappa shape index (κ2) is 7.42. The third-order valence-electron chi connectivity index (χ3n) is 3.84. The van der Waals surface area contributed by atoms with E-state index < -0.39 is 21.0 Å². The molecule has 0 saturated heterocycles. The Morgan fingerprint density at radius 3 is 2.30 bits per heavy atom. The fraction of sp³-hybridized carbons (Fsp3) is 0.278. The average molecular weight is 331 g/mol. The SMILES string of the molecule is Cc1ccccc1CS(=O)(=O)[C@H](C)C(=O)NCc1ccccc1. The van der Waals surface area contributed by atoms with Crippen molar-refractivity contribution in [2.75, 3.05) is 0 Å². The quantitative estimate of drug-likeness (QED) is 0.885. The van der Waals surface area contributed by atoms with E-state index in [1.807, 2.05) is 49.4 Å². The van der Waals surface area contributed by atoms with Gasteiger partial charge in [-0.2, -0.15) is 0 Å². The first-order valence-corrected chi connectivity index (χ1v) is 9.19. The highest BCUT2D eigenvalue weighted by atomic mass is 32.2. The molecular weight excluding hydrogens is 310 g/mol. The minimum atomic E-state index is -3.55. The molecule has 5 heteroatoms. The molecule has 0 aliphatic rings. The van der Waals surface area contributed by atoms with Crippen LogP contribution in [0.1, 0.15) is 23.6 Å². The molecule has 0 aliphatic carbocycles. The monoisotopic (exact) mass is 331 g/mol. The van der Waals surface area contributed by atoms with Gasteiger partial charge in [-0.25, -0.2) is 8.42 Å². The van der Waals surface area contributed by atoms with Crippen LogP contribution >= 0.6 is 0 Å². The Labute approximate surface area is 137 Å². The van der Waals surface area contributed by atoms with Gasteiger partial charge in [0, 0.05) is 6.54 Å². The lowest BCUT2D eigenvalue weighted by Gasteiger charge is -2.14. The minimum absolute atomic E-state index is 0.125. The van der Waals surface area contributed by atoms with Crippen molar-refractivity contribution in [3.63, 3.8) is 0 Å². The number of carbonyl (C=O) groups is 1. The van der Waals surface area contributed by atoms with Crippen LogP contribution in [0.2, 0.25) is 0 Å². The zero-order valence-electron chi connectivity index (χ0n) is 13.3. The fourth-order valence-electron chi connectivity index (χ4n) is 2.21. The summed E-state index contributed by atoms with van der Waals surface area (Å²) in [4.78, 5) is 12.1. The molecule has 0 bridgehead atoms. The van der Waals surface area contributed by atoms with Gasteiger partial charge in [-0.15, -0.1) is 0 Å².